The molecule has 136 valence electrons. The zero-order valence-corrected chi connectivity index (χ0v) is 14.6. The molecule has 1 amide bonds. The van der Waals surface area contributed by atoms with Crippen LogP contribution in [-0.4, -0.2) is 55.7 Å². The highest BCUT2D eigenvalue weighted by molar-refractivity contribution is 6.30. The predicted molar refractivity (Wildman–Crippen MR) is 91.5 cm³/mol. The summed E-state index contributed by atoms with van der Waals surface area (Å²) in [6.45, 7) is 3.28. The highest BCUT2D eigenvalue weighted by Crippen LogP contribution is 2.28. The van der Waals surface area contributed by atoms with Crippen LogP contribution in [0, 0.1) is 11.7 Å². The average Bonchev–Trinajstić information content (AvgIpc) is 3.07. The first-order valence-electron chi connectivity index (χ1n) is 8.70. The molecular formula is C17H22ClFN4O2. The van der Waals surface area contributed by atoms with Crippen molar-refractivity contribution in [2.45, 2.75) is 24.6 Å². The largest absolute Gasteiger partial charge is 0.370 e. The Morgan fingerprint density at radius 3 is 3.08 bits per heavy atom. The third-order valence-corrected chi connectivity index (χ3v) is 5.63. The van der Waals surface area contributed by atoms with E-state index in [4.69, 9.17) is 16.3 Å². The minimum atomic E-state index is -0.453. The molecule has 8 heteroatoms. The molecule has 0 aliphatic carbocycles. The number of hydrogen-bond acceptors (Lipinski definition) is 5. The van der Waals surface area contributed by atoms with Crippen LogP contribution in [0.3, 0.4) is 0 Å². The van der Waals surface area contributed by atoms with Crippen molar-refractivity contribution >= 4 is 17.5 Å². The first kappa shape index (κ1) is 17.2. The number of hydrogen-bond donors (Lipinski definition) is 3. The number of piperidine rings is 1. The highest BCUT2D eigenvalue weighted by Gasteiger charge is 2.43. The first-order valence-corrected chi connectivity index (χ1v) is 9.08. The zero-order valence-electron chi connectivity index (χ0n) is 13.8. The third kappa shape index (κ3) is 3.39. The summed E-state index contributed by atoms with van der Waals surface area (Å²) >= 11 is 5.88. The van der Waals surface area contributed by atoms with E-state index in [2.05, 4.69) is 16.2 Å². The molecule has 0 bridgehead atoms. The van der Waals surface area contributed by atoms with Gasteiger partial charge < -0.3 is 15.0 Å². The number of carbonyl (C=O) groups excluding carboxylic acids is 1. The zero-order chi connectivity index (χ0) is 17.4. The van der Waals surface area contributed by atoms with Crippen molar-refractivity contribution in [3.8, 4) is 0 Å². The average molecular weight is 369 g/mol. The number of rotatable bonds is 2. The number of carbonyl (C=O) groups is 1. The topological polar surface area (TPSA) is 65.6 Å². The van der Waals surface area contributed by atoms with Gasteiger partial charge >= 0.3 is 0 Å². The fraction of sp³-hybridized carbons (Fsp3) is 0.588. The molecule has 0 saturated carbocycles. The normalized spacial score (nSPS) is 32.5. The van der Waals surface area contributed by atoms with Gasteiger partial charge in [-0.1, -0.05) is 17.7 Å². The molecule has 0 aromatic heterocycles. The van der Waals surface area contributed by atoms with Gasteiger partial charge in [-0.25, -0.2) is 9.82 Å². The van der Waals surface area contributed by atoms with Crippen LogP contribution in [0.4, 0.5) is 4.39 Å². The van der Waals surface area contributed by atoms with E-state index < -0.39 is 5.82 Å². The maximum absolute atomic E-state index is 13.4. The van der Waals surface area contributed by atoms with Gasteiger partial charge in [-0.15, -0.1) is 0 Å². The fourth-order valence-electron chi connectivity index (χ4n) is 3.92. The van der Waals surface area contributed by atoms with E-state index in [-0.39, 0.29) is 29.0 Å². The van der Waals surface area contributed by atoms with Crippen molar-refractivity contribution in [1.29, 1.82) is 0 Å². The molecule has 1 aromatic rings. The molecule has 4 unspecified atom stereocenters. The number of hydrazine groups is 1. The lowest BCUT2D eigenvalue weighted by Crippen LogP contribution is -2.53. The molecule has 25 heavy (non-hydrogen) atoms. The minimum absolute atomic E-state index is 0.0716. The number of amides is 1. The molecule has 3 aliphatic rings. The van der Waals surface area contributed by atoms with Gasteiger partial charge in [0.1, 0.15) is 18.0 Å². The summed E-state index contributed by atoms with van der Waals surface area (Å²) in [5.41, 5.74) is 7.22. The van der Waals surface area contributed by atoms with Gasteiger partial charge in [0, 0.05) is 25.0 Å². The van der Waals surface area contributed by atoms with Crippen LogP contribution in [0.1, 0.15) is 18.1 Å². The number of benzene rings is 1. The highest BCUT2D eigenvalue weighted by atomic mass is 35.5. The van der Waals surface area contributed by atoms with Gasteiger partial charge in [0.15, 0.2) is 0 Å². The molecular weight excluding hydrogens is 347 g/mol. The van der Waals surface area contributed by atoms with Crippen molar-refractivity contribution in [2.75, 3.05) is 32.8 Å². The van der Waals surface area contributed by atoms with Crippen molar-refractivity contribution in [1.82, 2.24) is 21.1 Å². The number of fused-ring (bicyclic) bond motifs is 1. The molecule has 3 fully saturated rings. The molecule has 3 aliphatic heterocycles. The maximum atomic E-state index is 13.4. The van der Waals surface area contributed by atoms with Crippen molar-refractivity contribution in [3.63, 3.8) is 0 Å². The molecule has 6 nitrogen and oxygen atoms in total. The van der Waals surface area contributed by atoms with Crippen LogP contribution in [0.5, 0.6) is 0 Å². The minimum Gasteiger partial charge on any atom is -0.370 e. The lowest BCUT2D eigenvalue weighted by molar-refractivity contribution is -0.142. The van der Waals surface area contributed by atoms with Crippen molar-refractivity contribution < 1.29 is 13.9 Å². The standard InChI is InChI=1S/C17H22ClFN4O2/c18-12-7-10(1-2-13(12)19)15-9-23(5-6-25-15)17(24)16-11-8-20-4-3-14(11)21-22-16/h1-2,7,11,14-16,20-22H,3-6,8-9H2. The van der Waals surface area contributed by atoms with Gasteiger partial charge in [-0.2, -0.15) is 0 Å². The summed E-state index contributed by atoms with van der Waals surface area (Å²) in [4.78, 5) is 14.8. The van der Waals surface area contributed by atoms with E-state index in [0.717, 1.165) is 25.1 Å². The number of nitrogens with one attached hydrogen (secondary N) is 3. The Balaban J connectivity index is 1.45. The predicted octanol–water partition coefficient (Wildman–Crippen LogP) is 0.834. The lowest BCUT2D eigenvalue weighted by Gasteiger charge is -2.36. The van der Waals surface area contributed by atoms with Gasteiger partial charge in [0.2, 0.25) is 5.91 Å². The third-order valence-electron chi connectivity index (χ3n) is 5.34. The Bertz CT molecular complexity index is 662. The number of morpholine rings is 1. The monoisotopic (exact) mass is 368 g/mol. The second-order valence-corrected chi connectivity index (χ2v) is 7.25. The summed E-state index contributed by atoms with van der Waals surface area (Å²) in [5.74, 6) is -0.112. The molecule has 3 heterocycles. The molecule has 3 saturated heterocycles. The van der Waals surface area contributed by atoms with Crippen LogP contribution < -0.4 is 16.2 Å². The van der Waals surface area contributed by atoms with Crippen LogP contribution in [-0.2, 0) is 9.53 Å². The van der Waals surface area contributed by atoms with Crippen LogP contribution >= 0.6 is 11.6 Å². The Labute approximate surface area is 151 Å². The Kier molecular flexibility index (Phi) is 4.92. The smallest absolute Gasteiger partial charge is 0.241 e. The van der Waals surface area contributed by atoms with Crippen LogP contribution in [0.15, 0.2) is 18.2 Å². The molecule has 3 N–H and O–H groups in total. The van der Waals surface area contributed by atoms with Crippen LogP contribution in [0.2, 0.25) is 5.02 Å². The van der Waals surface area contributed by atoms with Gasteiger partial charge in [-0.3, -0.25) is 10.2 Å². The van der Waals surface area contributed by atoms with E-state index in [1.54, 1.807) is 12.1 Å². The van der Waals surface area contributed by atoms with Crippen molar-refractivity contribution in [2.24, 2.45) is 5.92 Å². The Hall–Kier alpha value is -1.25. The summed E-state index contributed by atoms with van der Waals surface area (Å²) in [6.07, 6.45) is 0.729. The first-order chi connectivity index (χ1) is 12.1. The molecule has 1 aromatic carbocycles. The summed E-state index contributed by atoms with van der Waals surface area (Å²) in [6, 6.07) is 4.68. The van der Waals surface area contributed by atoms with E-state index in [1.165, 1.54) is 6.07 Å². The molecule has 4 atom stereocenters. The Morgan fingerprint density at radius 2 is 2.24 bits per heavy atom. The number of halogens is 2. The Morgan fingerprint density at radius 1 is 1.36 bits per heavy atom. The lowest BCUT2D eigenvalue weighted by atomic mass is 9.88. The second-order valence-electron chi connectivity index (χ2n) is 6.85. The molecule has 4 rings (SSSR count). The van der Waals surface area contributed by atoms with E-state index in [9.17, 15) is 9.18 Å². The number of ether oxygens (including phenoxy) is 1. The van der Waals surface area contributed by atoms with Crippen LogP contribution in [0.25, 0.3) is 0 Å². The summed E-state index contributed by atoms with van der Waals surface area (Å²) < 4.78 is 19.2. The molecule has 0 spiro atoms. The van der Waals surface area contributed by atoms with E-state index in [1.807, 2.05) is 4.90 Å². The SMILES string of the molecule is O=C(C1NNC2CCNCC21)N1CCOC(c2ccc(F)c(Cl)c2)C1. The maximum Gasteiger partial charge on any atom is 0.241 e. The van der Waals surface area contributed by atoms with Gasteiger partial charge in [0.05, 0.1) is 18.2 Å². The van der Waals surface area contributed by atoms with E-state index in [0.29, 0.717) is 25.7 Å². The fourth-order valence-corrected chi connectivity index (χ4v) is 4.11. The van der Waals surface area contributed by atoms with Crippen molar-refractivity contribution in [3.05, 3.63) is 34.6 Å². The van der Waals surface area contributed by atoms with Gasteiger partial charge in [-0.05, 0) is 30.7 Å². The number of nitrogens with zero attached hydrogens (tertiary/aromatic N) is 1. The second kappa shape index (κ2) is 7.17. The molecule has 0 radical (unpaired) electrons. The van der Waals surface area contributed by atoms with Gasteiger partial charge in [0.25, 0.3) is 0 Å². The summed E-state index contributed by atoms with van der Waals surface area (Å²) in [7, 11) is 0. The quantitative estimate of drug-likeness (QED) is 0.721. The summed E-state index contributed by atoms with van der Waals surface area (Å²) in [5, 5.41) is 3.44. The van der Waals surface area contributed by atoms with E-state index >= 15 is 0 Å².